The summed E-state index contributed by atoms with van der Waals surface area (Å²) in [4.78, 5) is 11.7. The van der Waals surface area contributed by atoms with Crippen molar-refractivity contribution in [1.29, 1.82) is 0 Å². The zero-order chi connectivity index (χ0) is 16.3. The number of hydrogen-bond acceptors (Lipinski definition) is 3. The Hall–Kier alpha value is -1.09. The van der Waals surface area contributed by atoms with Gasteiger partial charge in [-0.2, -0.15) is 13.2 Å². The Labute approximate surface area is 128 Å². The van der Waals surface area contributed by atoms with E-state index >= 15 is 0 Å². The Morgan fingerprint density at radius 3 is 2.48 bits per heavy atom. The maximum absolute atomic E-state index is 12.7. The molecular weight excluding hydrogens is 375 g/mol. The zero-order valence-electron chi connectivity index (χ0n) is 11.0. The van der Waals surface area contributed by atoms with Crippen molar-refractivity contribution in [1.82, 2.24) is 5.32 Å². The lowest BCUT2D eigenvalue weighted by Gasteiger charge is -2.11. The van der Waals surface area contributed by atoms with Gasteiger partial charge in [-0.25, -0.2) is 8.42 Å². The Bertz CT molecular complexity index is 629. The van der Waals surface area contributed by atoms with E-state index in [0.717, 1.165) is 6.07 Å². The molecule has 0 radical (unpaired) electrons. The monoisotopic (exact) mass is 387 g/mol. The third-order valence-corrected chi connectivity index (χ3v) is 5.07. The Kier molecular flexibility index (Phi) is 5.80. The molecule has 118 valence electrons. The average Bonchev–Trinajstić information content (AvgIpc) is 2.37. The van der Waals surface area contributed by atoms with E-state index in [0.29, 0.717) is 6.07 Å². The number of alkyl halides is 3. The van der Waals surface area contributed by atoms with Crippen LogP contribution < -0.4 is 5.32 Å². The van der Waals surface area contributed by atoms with Crippen LogP contribution >= 0.6 is 15.9 Å². The third kappa shape index (κ3) is 5.31. The largest absolute Gasteiger partial charge is 0.417 e. The number of carbonyl (C=O) groups is 1. The number of amides is 1. The second-order valence-corrected chi connectivity index (χ2v) is 7.51. The van der Waals surface area contributed by atoms with Crippen molar-refractivity contribution >= 4 is 31.7 Å². The van der Waals surface area contributed by atoms with Gasteiger partial charge in [0.2, 0.25) is 0 Å². The van der Waals surface area contributed by atoms with Crippen LogP contribution in [-0.4, -0.2) is 32.4 Å². The number of rotatable bonds is 5. The summed E-state index contributed by atoms with van der Waals surface area (Å²) in [7, 11) is -3.24. The standard InChI is InChI=1S/C12H13BrF3NO3S/c1-2-21(19,20)6-5-17-11(18)8-3-4-10(13)9(7-8)12(14,15)16/h3-4,7H,2,5-6H2,1H3,(H,17,18). The summed E-state index contributed by atoms with van der Waals surface area (Å²) in [5.41, 5.74) is -1.14. The highest BCUT2D eigenvalue weighted by Gasteiger charge is 2.33. The van der Waals surface area contributed by atoms with Crippen molar-refractivity contribution in [2.75, 3.05) is 18.1 Å². The first-order valence-electron chi connectivity index (χ1n) is 5.92. The summed E-state index contributed by atoms with van der Waals surface area (Å²) >= 11 is 2.77. The van der Waals surface area contributed by atoms with Crippen LogP contribution in [0.2, 0.25) is 0 Å². The van der Waals surface area contributed by atoms with Gasteiger partial charge in [0.05, 0.1) is 11.3 Å². The lowest BCUT2D eigenvalue weighted by molar-refractivity contribution is -0.138. The van der Waals surface area contributed by atoms with Crippen molar-refractivity contribution in [2.45, 2.75) is 13.1 Å². The van der Waals surface area contributed by atoms with Crippen LogP contribution in [0, 0.1) is 0 Å². The van der Waals surface area contributed by atoms with E-state index in [1.165, 1.54) is 13.0 Å². The Balaban J connectivity index is 2.80. The molecule has 21 heavy (non-hydrogen) atoms. The molecule has 1 aromatic rings. The fraction of sp³-hybridized carbons (Fsp3) is 0.417. The van der Waals surface area contributed by atoms with E-state index < -0.39 is 27.5 Å². The summed E-state index contributed by atoms with van der Waals surface area (Å²) in [5, 5.41) is 2.29. The molecule has 0 heterocycles. The van der Waals surface area contributed by atoms with Crippen LogP contribution in [0.5, 0.6) is 0 Å². The molecule has 0 bridgehead atoms. The molecule has 0 aliphatic carbocycles. The predicted octanol–water partition coefficient (Wildman–Crippen LogP) is 2.63. The predicted molar refractivity (Wildman–Crippen MR) is 75.8 cm³/mol. The minimum Gasteiger partial charge on any atom is -0.351 e. The van der Waals surface area contributed by atoms with Crippen LogP contribution in [-0.2, 0) is 16.0 Å². The number of halogens is 4. The molecule has 1 aromatic carbocycles. The summed E-state index contributed by atoms with van der Waals surface area (Å²) in [5.74, 6) is -1.06. The maximum Gasteiger partial charge on any atom is 0.417 e. The van der Waals surface area contributed by atoms with Crippen LogP contribution in [0.15, 0.2) is 22.7 Å². The first-order valence-corrected chi connectivity index (χ1v) is 8.53. The van der Waals surface area contributed by atoms with Gasteiger partial charge in [0.15, 0.2) is 9.84 Å². The highest BCUT2D eigenvalue weighted by Crippen LogP contribution is 2.35. The molecule has 0 saturated heterocycles. The molecule has 9 heteroatoms. The van der Waals surface area contributed by atoms with Gasteiger partial charge in [-0.15, -0.1) is 0 Å². The molecular formula is C12H13BrF3NO3S. The highest BCUT2D eigenvalue weighted by molar-refractivity contribution is 9.10. The summed E-state index contributed by atoms with van der Waals surface area (Å²) in [6.07, 6.45) is -4.58. The minimum atomic E-state index is -4.58. The van der Waals surface area contributed by atoms with Crippen molar-refractivity contribution < 1.29 is 26.4 Å². The maximum atomic E-state index is 12.7. The van der Waals surface area contributed by atoms with Crippen molar-refractivity contribution in [3.63, 3.8) is 0 Å². The zero-order valence-corrected chi connectivity index (χ0v) is 13.4. The lowest BCUT2D eigenvalue weighted by Crippen LogP contribution is -2.29. The van der Waals surface area contributed by atoms with E-state index in [9.17, 15) is 26.4 Å². The van der Waals surface area contributed by atoms with Crippen molar-refractivity contribution in [3.8, 4) is 0 Å². The minimum absolute atomic E-state index is 0.0562. The van der Waals surface area contributed by atoms with Crippen LogP contribution in [0.4, 0.5) is 13.2 Å². The Morgan fingerprint density at radius 2 is 1.95 bits per heavy atom. The summed E-state index contributed by atoms with van der Waals surface area (Å²) in [6, 6.07) is 3.07. The molecule has 1 rings (SSSR count). The lowest BCUT2D eigenvalue weighted by atomic mass is 10.1. The Morgan fingerprint density at radius 1 is 1.33 bits per heavy atom. The first kappa shape index (κ1) is 18.0. The highest BCUT2D eigenvalue weighted by atomic mass is 79.9. The molecule has 0 spiro atoms. The van der Waals surface area contributed by atoms with Gasteiger partial charge in [-0.05, 0) is 18.2 Å². The van der Waals surface area contributed by atoms with E-state index in [1.54, 1.807) is 0 Å². The van der Waals surface area contributed by atoms with E-state index in [4.69, 9.17) is 0 Å². The molecule has 0 saturated carbocycles. The average molecular weight is 388 g/mol. The molecule has 0 fully saturated rings. The normalized spacial score (nSPS) is 12.2. The summed E-state index contributed by atoms with van der Waals surface area (Å²) < 4.78 is 60.4. The summed E-state index contributed by atoms with van der Waals surface area (Å²) in [6.45, 7) is 1.33. The van der Waals surface area contributed by atoms with Gasteiger partial charge in [0.25, 0.3) is 5.91 Å². The second-order valence-electron chi connectivity index (χ2n) is 4.18. The topological polar surface area (TPSA) is 63.2 Å². The number of benzene rings is 1. The number of hydrogen-bond donors (Lipinski definition) is 1. The molecule has 0 unspecified atom stereocenters. The van der Waals surface area contributed by atoms with Crippen LogP contribution in [0.3, 0.4) is 0 Å². The van der Waals surface area contributed by atoms with Gasteiger partial charge in [-0.3, -0.25) is 4.79 Å². The van der Waals surface area contributed by atoms with E-state index in [-0.39, 0.29) is 28.1 Å². The number of sulfone groups is 1. The molecule has 0 aliphatic heterocycles. The number of nitrogens with one attached hydrogen (secondary N) is 1. The van der Waals surface area contributed by atoms with Gasteiger partial charge in [0.1, 0.15) is 0 Å². The van der Waals surface area contributed by atoms with Gasteiger partial charge in [0, 0.05) is 22.3 Å². The van der Waals surface area contributed by atoms with Crippen molar-refractivity contribution in [2.24, 2.45) is 0 Å². The smallest absolute Gasteiger partial charge is 0.351 e. The van der Waals surface area contributed by atoms with E-state index in [2.05, 4.69) is 21.2 Å². The van der Waals surface area contributed by atoms with Gasteiger partial charge < -0.3 is 5.32 Å². The molecule has 0 aliphatic rings. The SMILES string of the molecule is CCS(=O)(=O)CCNC(=O)c1ccc(Br)c(C(F)(F)F)c1. The second kappa shape index (κ2) is 6.78. The molecule has 0 aromatic heterocycles. The fourth-order valence-corrected chi connectivity index (χ4v) is 2.62. The first-order chi connectivity index (χ1) is 9.57. The quantitative estimate of drug-likeness (QED) is 0.844. The van der Waals surface area contributed by atoms with Gasteiger partial charge >= 0.3 is 6.18 Å². The molecule has 1 N–H and O–H groups in total. The van der Waals surface area contributed by atoms with E-state index in [1.807, 2.05) is 0 Å². The van der Waals surface area contributed by atoms with Crippen LogP contribution in [0.25, 0.3) is 0 Å². The molecule has 1 amide bonds. The molecule has 4 nitrogen and oxygen atoms in total. The van der Waals surface area contributed by atoms with Crippen LogP contribution in [0.1, 0.15) is 22.8 Å². The van der Waals surface area contributed by atoms with Gasteiger partial charge in [-0.1, -0.05) is 22.9 Å². The fourth-order valence-electron chi connectivity index (χ4n) is 1.45. The molecule has 0 atom stereocenters. The number of carbonyl (C=O) groups excluding carboxylic acids is 1. The van der Waals surface area contributed by atoms with Crippen molar-refractivity contribution in [3.05, 3.63) is 33.8 Å². The third-order valence-electron chi connectivity index (χ3n) is 2.67.